The van der Waals surface area contributed by atoms with Gasteiger partial charge in [0.25, 0.3) is 0 Å². The minimum atomic E-state index is -1.15. The molecular formula is C20H18BrN3O4. The van der Waals surface area contributed by atoms with Crippen LogP contribution in [0.25, 0.3) is 11.3 Å². The molecule has 1 atom stereocenters. The highest BCUT2D eigenvalue weighted by Crippen LogP contribution is 2.51. The van der Waals surface area contributed by atoms with Crippen LogP contribution in [0.15, 0.2) is 40.9 Å². The molecule has 3 aromatic rings. The third-order valence-corrected chi connectivity index (χ3v) is 5.39. The number of hydrogen-bond acceptors (Lipinski definition) is 5. The molecule has 0 amide bonds. The topological polar surface area (TPSA) is 85.6 Å². The van der Waals surface area contributed by atoms with Crippen molar-refractivity contribution in [2.45, 2.75) is 12.8 Å². The molecule has 0 bridgehead atoms. The molecule has 0 aliphatic heterocycles. The highest BCUT2D eigenvalue weighted by Gasteiger charge is 2.36. The summed E-state index contributed by atoms with van der Waals surface area (Å²) in [6, 6.07) is 11.3. The minimum absolute atomic E-state index is 0.0624. The van der Waals surface area contributed by atoms with Gasteiger partial charge in [0.15, 0.2) is 17.3 Å². The summed E-state index contributed by atoms with van der Waals surface area (Å²) in [6.45, 7) is 2.02. The normalized spacial score (nSPS) is 14.4. The molecule has 144 valence electrons. The molecule has 8 heteroatoms. The number of methoxy groups -OCH3 is 2. The van der Waals surface area contributed by atoms with Crippen molar-refractivity contribution in [3.63, 3.8) is 0 Å². The maximum absolute atomic E-state index is 11.9. The molecular weight excluding hydrogens is 426 g/mol. The fraction of sp³-hybridized carbons (Fsp3) is 0.200. The number of fused-ring (bicyclic) bond motifs is 3. The molecule has 1 unspecified atom stereocenters. The van der Waals surface area contributed by atoms with Gasteiger partial charge in [-0.05, 0) is 35.9 Å². The molecule has 0 saturated carbocycles. The highest BCUT2D eigenvalue weighted by molar-refractivity contribution is 9.10. The van der Waals surface area contributed by atoms with Crippen molar-refractivity contribution in [1.29, 1.82) is 0 Å². The van der Waals surface area contributed by atoms with Crippen molar-refractivity contribution in [1.82, 2.24) is 9.78 Å². The first-order valence-electron chi connectivity index (χ1n) is 8.59. The summed E-state index contributed by atoms with van der Waals surface area (Å²) < 4.78 is 12.8. The predicted molar refractivity (Wildman–Crippen MR) is 109 cm³/mol. The van der Waals surface area contributed by atoms with Crippen LogP contribution in [0, 0.1) is 0 Å². The molecule has 1 heterocycles. The lowest BCUT2D eigenvalue weighted by Crippen LogP contribution is -2.11. The zero-order chi connectivity index (χ0) is 20.0. The van der Waals surface area contributed by atoms with Gasteiger partial charge in [0.2, 0.25) is 0 Å². The molecule has 1 aromatic heterocycles. The Labute approximate surface area is 170 Å². The smallest absolute Gasteiger partial charge is 0.432 e. The first-order valence-corrected chi connectivity index (χ1v) is 9.39. The number of ether oxygens (including phenoxy) is 2. The van der Waals surface area contributed by atoms with E-state index < -0.39 is 6.09 Å². The molecule has 0 radical (unpaired) electrons. The number of carboxylic acid groups (broad SMARTS) is 1. The van der Waals surface area contributed by atoms with E-state index in [1.54, 1.807) is 20.3 Å². The van der Waals surface area contributed by atoms with E-state index in [0.29, 0.717) is 23.0 Å². The molecule has 2 aromatic carbocycles. The number of halogens is 1. The zero-order valence-corrected chi connectivity index (χ0v) is 17.1. The van der Waals surface area contributed by atoms with Gasteiger partial charge in [0.1, 0.15) is 0 Å². The van der Waals surface area contributed by atoms with Crippen LogP contribution in [0.5, 0.6) is 11.5 Å². The largest absolute Gasteiger partial charge is 0.493 e. The van der Waals surface area contributed by atoms with E-state index in [2.05, 4.69) is 26.3 Å². The Morgan fingerprint density at radius 1 is 1.21 bits per heavy atom. The fourth-order valence-corrected chi connectivity index (χ4v) is 4.05. The maximum Gasteiger partial charge on any atom is 0.432 e. The van der Waals surface area contributed by atoms with Crippen LogP contribution < -0.4 is 14.8 Å². The van der Waals surface area contributed by atoms with E-state index in [-0.39, 0.29) is 5.92 Å². The second-order valence-corrected chi connectivity index (χ2v) is 7.37. The molecule has 7 nitrogen and oxygen atoms in total. The lowest BCUT2D eigenvalue weighted by molar-refractivity contribution is 0.193. The van der Waals surface area contributed by atoms with E-state index in [1.807, 2.05) is 37.3 Å². The van der Waals surface area contributed by atoms with Crippen LogP contribution in [0.1, 0.15) is 24.0 Å². The zero-order valence-electron chi connectivity index (χ0n) is 15.5. The number of carbonyl (C=O) groups is 1. The van der Waals surface area contributed by atoms with E-state index in [4.69, 9.17) is 9.47 Å². The molecule has 28 heavy (non-hydrogen) atoms. The second-order valence-electron chi connectivity index (χ2n) is 6.46. The van der Waals surface area contributed by atoms with Gasteiger partial charge in [-0.2, -0.15) is 4.68 Å². The van der Waals surface area contributed by atoms with Crippen molar-refractivity contribution in [2.75, 3.05) is 19.5 Å². The van der Waals surface area contributed by atoms with Gasteiger partial charge in [-0.3, -0.25) is 0 Å². The van der Waals surface area contributed by atoms with Crippen LogP contribution in [-0.4, -0.2) is 35.2 Å². The predicted octanol–water partition coefficient (Wildman–Crippen LogP) is 5.06. The number of aromatic nitrogens is 2. The van der Waals surface area contributed by atoms with Gasteiger partial charge < -0.3 is 19.9 Å². The number of benzene rings is 2. The third-order valence-electron chi connectivity index (χ3n) is 4.90. The van der Waals surface area contributed by atoms with Crippen LogP contribution in [-0.2, 0) is 0 Å². The summed E-state index contributed by atoms with van der Waals surface area (Å²) in [4.78, 5) is 11.9. The maximum atomic E-state index is 11.9. The summed E-state index contributed by atoms with van der Waals surface area (Å²) in [5, 5.41) is 17.3. The lowest BCUT2D eigenvalue weighted by atomic mass is 9.99. The molecule has 1 aliphatic rings. The molecule has 0 spiro atoms. The number of nitrogens with zero attached hydrogens (tertiary/aromatic N) is 2. The minimum Gasteiger partial charge on any atom is -0.493 e. The Bertz CT molecular complexity index is 1090. The van der Waals surface area contributed by atoms with Gasteiger partial charge in [-0.25, -0.2) is 4.79 Å². The SMILES string of the molecule is COc1cc2c(cc1OC)C(C)c1c(Nc3cccc(Br)c3)nn(C(=O)O)c1-2. The molecule has 4 rings (SSSR count). The van der Waals surface area contributed by atoms with Gasteiger partial charge in [-0.1, -0.05) is 28.9 Å². The Morgan fingerprint density at radius 3 is 2.57 bits per heavy atom. The van der Waals surface area contributed by atoms with Crippen molar-refractivity contribution in [3.8, 4) is 22.8 Å². The highest BCUT2D eigenvalue weighted by atomic mass is 79.9. The average Bonchev–Trinajstić information content (AvgIpc) is 3.17. The van der Waals surface area contributed by atoms with Crippen molar-refractivity contribution in [3.05, 3.63) is 52.0 Å². The van der Waals surface area contributed by atoms with Crippen LogP contribution in [0.4, 0.5) is 16.3 Å². The van der Waals surface area contributed by atoms with Crippen LogP contribution >= 0.6 is 15.9 Å². The average molecular weight is 444 g/mol. The Kier molecular flexibility index (Phi) is 4.50. The van der Waals surface area contributed by atoms with Gasteiger partial charge in [0, 0.05) is 27.2 Å². The Hall–Kier alpha value is -3.00. The summed E-state index contributed by atoms with van der Waals surface area (Å²) in [5.74, 6) is 1.60. The van der Waals surface area contributed by atoms with E-state index in [9.17, 15) is 9.90 Å². The first kappa shape index (κ1) is 18.4. The number of hydrogen-bond donors (Lipinski definition) is 2. The molecule has 0 fully saturated rings. The summed E-state index contributed by atoms with van der Waals surface area (Å²) >= 11 is 3.45. The van der Waals surface area contributed by atoms with E-state index in [1.165, 1.54) is 0 Å². The molecule has 1 aliphatic carbocycles. The standard InChI is InChI=1S/C20H18BrN3O4/c1-10-13-8-15(27-2)16(28-3)9-14(13)18-17(10)19(23-24(18)20(25)26)22-12-6-4-5-11(21)7-12/h4-10H,1-3H3,(H,22,23)(H,25,26). The monoisotopic (exact) mass is 443 g/mol. The molecule has 2 N–H and O–H groups in total. The van der Waals surface area contributed by atoms with E-state index >= 15 is 0 Å². The Morgan fingerprint density at radius 2 is 1.93 bits per heavy atom. The third kappa shape index (κ3) is 2.80. The first-order chi connectivity index (χ1) is 13.4. The number of rotatable bonds is 4. The molecule has 0 saturated heterocycles. The van der Waals surface area contributed by atoms with E-state index in [0.717, 1.165) is 31.5 Å². The lowest BCUT2D eigenvalue weighted by Gasteiger charge is -2.13. The van der Waals surface area contributed by atoms with Crippen molar-refractivity contribution < 1.29 is 19.4 Å². The summed E-state index contributed by atoms with van der Waals surface area (Å²) in [6.07, 6.45) is -1.15. The summed E-state index contributed by atoms with van der Waals surface area (Å²) in [7, 11) is 3.13. The van der Waals surface area contributed by atoms with Gasteiger partial charge >= 0.3 is 6.09 Å². The Balaban J connectivity index is 1.90. The van der Waals surface area contributed by atoms with Crippen molar-refractivity contribution in [2.24, 2.45) is 0 Å². The quantitative estimate of drug-likeness (QED) is 0.585. The van der Waals surface area contributed by atoms with Crippen LogP contribution in [0.2, 0.25) is 0 Å². The summed E-state index contributed by atoms with van der Waals surface area (Å²) in [5.41, 5.74) is 3.93. The van der Waals surface area contributed by atoms with Gasteiger partial charge in [-0.15, -0.1) is 5.10 Å². The number of nitrogens with one attached hydrogen (secondary N) is 1. The second kappa shape index (κ2) is 6.87. The van der Waals surface area contributed by atoms with Crippen molar-refractivity contribution >= 4 is 33.5 Å². The fourth-order valence-electron chi connectivity index (χ4n) is 3.65. The van der Waals surface area contributed by atoms with Gasteiger partial charge in [0.05, 0.1) is 19.9 Å². The number of anilines is 2. The van der Waals surface area contributed by atoms with Crippen LogP contribution in [0.3, 0.4) is 0 Å².